The van der Waals surface area contributed by atoms with E-state index in [0.29, 0.717) is 25.4 Å². The summed E-state index contributed by atoms with van der Waals surface area (Å²) in [6.07, 6.45) is 8.46. The molecule has 2 amide bonds. The van der Waals surface area contributed by atoms with E-state index in [1.165, 1.54) is 6.42 Å². The SMILES string of the molecule is CCCC(=O)NCC1CCCN(C(=O)CC2(O)CCCCC2)C1. The van der Waals surface area contributed by atoms with Gasteiger partial charge in [-0.1, -0.05) is 26.2 Å². The summed E-state index contributed by atoms with van der Waals surface area (Å²) >= 11 is 0. The van der Waals surface area contributed by atoms with Gasteiger partial charge in [-0.2, -0.15) is 0 Å². The standard InChI is InChI=1S/C18H32N2O3/c1-2-7-16(21)19-13-15-8-6-11-20(14-15)17(22)12-18(23)9-4-3-5-10-18/h15,23H,2-14H2,1H3,(H,19,21). The molecule has 0 aromatic heterocycles. The fraction of sp³-hybridized carbons (Fsp3) is 0.889. The lowest BCUT2D eigenvalue weighted by Gasteiger charge is -2.37. The van der Waals surface area contributed by atoms with Crippen LogP contribution < -0.4 is 5.32 Å². The zero-order chi connectivity index (χ0) is 16.7. The molecule has 2 rings (SSSR count). The maximum Gasteiger partial charge on any atom is 0.225 e. The predicted molar refractivity (Wildman–Crippen MR) is 89.9 cm³/mol. The van der Waals surface area contributed by atoms with E-state index in [4.69, 9.17) is 0 Å². The van der Waals surface area contributed by atoms with Crippen molar-refractivity contribution in [1.29, 1.82) is 0 Å². The van der Waals surface area contributed by atoms with Crippen LogP contribution in [-0.2, 0) is 9.59 Å². The number of rotatable bonds is 6. The first-order valence-electron chi connectivity index (χ1n) is 9.29. The number of nitrogens with one attached hydrogen (secondary N) is 1. The minimum absolute atomic E-state index is 0.0824. The molecule has 0 aromatic rings. The molecule has 23 heavy (non-hydrogen) atoms. The molecule has 0 bridgehead atoms. The molecule has 2 N–H and O–H groups in total. The van der Waals surface area contributed by atoms with Crippen LogP contribution in [0.1, 0.15) is 71.1 Å². The molecule has 0 aromatic carbocycles. The van der Waals surface area contributed by atoms with Crippen LogP contribution in [0.2, 0.25) is 0 Å². The lowest BCUT2D eigenvalue weighted by Crippen LogP contribution is -2.46. The Hall–Kier alpha value is -1.10. The highest BCUT2D eigenvalue weighted by molar-refractivity contribution is 5.77. The van der Waals surface area contributed by atoms with E-state index in [0.717, 1.165) is 51.5 Å². The van der Waals surface area contributed by atoms with Gasteiger partial charge >= 0.3 is 0 Å². The van der Waals surface area contributed by atoms with Crippen LogP contribution in [0.15, 0.2) is 0 Å². The average Bonchev–Trinajstić information content (AvgIpc) is 2.54. The van der Waals surface area contributed by atoms with Gasteiger partial charge in [0.15, 0.2) is 0 Å². The molecule has 1 unspecified atom stereocenters. The Kier molecular flexibility index (Phi) is 6.88. The molecule has 5 heteroatoms. The number of nitrogens with zero attached hydrogens (tertiary/aromatic N) is 1. The van der Waals surface area contributed by atoms with Gasteiger partial charge in [0, 0.05) is 26.1 Å². The average molecular weight is 324 g/mol. The summed E-state index contributed by atoms with van der Waals surface area (Å²) in [7, 11) is 0. The van der Waals surface area contributed by atoms with Crippen LogP contribution >= 0.6 is 0 Å². The quantitative estimate of drug-likeness (QED) is 0.787. The molecule has 1 saturated heterocycles. The molecule has 2 aliphatic rings. The van der Waals surface area contributed by atoms with Crippen LogP contribution in [0.4, 0.5) is 0 Å². The van der Waals surface area contributed by atoms with Gasteiger partial charge in [0.05, 0.1) is 12.0 Å². The van der Waals surface area contributed by atoms with Crippen molar-refractivity contribution in [3.8, 4) is 0 Å². The van der Waals surface area contributed by atoms with E-state index in [2.05, 4.69) is 5.32 Å². The Morgan fingerprint density at radius 1 is 1.22 bits per heavy atom. The first-order valence-corrected chi connectivity index (χ1v) is 9.29. The fourth-order valence-corrected chi connectivity index (χ4v) is 3.81. The highest BCUT2D eigenvalue weighted by Crippen LogP contribution is 2.31. The van der Waals surface area contributed by atoms with Crippen LogP contribution in [0.3, 0.4) is 0 Å². The molecule has 132 valence electrons. The molecule has 0 radical (unpaired) electrons. The largest absolute Gasteiger partial charge is 0.389 e. The minimum atomic E-state index is -0.780. The van der Waals surface area contributed by atoms with E-state index in [1.54, 1.807) is 0 Å². The van der Waals surface area contributed by atoms with E-state index < -0.39 is 5.60 Å². The smallest absolute Gasteiger partial charge is 0.225 e. The van der Waals surface area contributed by atoms with Gasteiger partial charge in [-0.05, 0) is 38.0 Å². The second kappa shape index (κ2) is 8.67. The second-order valence-corrected chi connectivity index (χ2v) is 7.36. The molecule has 1 saturated carbocycles. The zero-order valence-corrected chi connectivity index (χ0v) is 14.5. The van der Waals surface area contributed by atoms with Gasteiger partial charge in [0.25, 0.3) is 0 Å². The number of piperidine rings is 1. The van der Waals surface area contributed by atoms with Gasteiger partial charge in [-0.3, -0.25) is 9.59 Å². The first kappa shape index (κ1) is 18.2. The van der Waals surface area contributed by atoms with Crippen molar-refractivity contribution in [3.63, 3.8) is 0 Å². The van der Waals surface area contributed by atoms with Crippen molar-refractivity contribution in [1.82, 2.24) is 10.2 Å². The third-order valence-electron chi connectivity index (χ3n) is 5.20. The molecule has 2 fully saturated rings. The number of carbonyl (C=O) groups excluding carboxylic acids is 2. The van der Waals surface area contributed by atoms with E-state index in [1.807, 2.05) is 11.8 Å². The summed E-state index contributed by atoms with van der Waals surface area (Å²) in [5.41, 5.74) is -0.780. The van der Waals surface area contributed by atoms with Crippen LogP contribution in [-0.4, -0.2) is 47.1 Å². The summed E-state index contributed by atoms with van der Waals surface area (Å²) in [4.78, 5) is 26.0. The number of likely N-dealkylation sites (tertiary alicyclic amines) is 1. The predicted octanol–water partition coefficient (Wildman–Crippen LogP) is 2.23. The number of hydrogen-bond acceptors (Lipinski definition) is 3. The topological polar surface area (TPSA) is 69.6 Å². The maximum atomic E-state index is 12.5. The van der Waals surface area contributed by atoms with Crippen molar-refractivity contribution in [2.75, 3.05) is 19.6 Å². The van der Waals surface area contributed by atoms with Gasteiger partial charge in [0.1, 0.15) is 0 Å². The van der Waals surface area contributed by atoms with Crippen molar-refractivity contribution >= 4 is 11.8 Å². The summed E-state index contributed by atoms with van der Waals surface area (Å²) in [5.74, 6) is 0.529. The summed E-state index contributed by atoms with van der Waals surface area (Å²) in [5, 5.41) is 13.5. The Bertz CT molecular complexity index is 405. The number of hydrogen-bond donors (Lipinski definition) is 2. The molecule has 1 atom stereocenters. The molecule has 0 spiro atoms. The molecule has 1 aliphatic heterocycles. The summed E-state index contributed by atoms with van der Waals surface area (Å²) in [6.45, 7) is 4.15. The summed E-state index contributed by atoms with van der Waals surface area (Å²) in [6, 6.07) is 0. The molecular formula is C18H32N2O3. The van der Waals surface area contributed by atoms with Gasteiger partial charge in [-0.15, -0.1) is 0 Å². The Morgan fingerprint density at radius 2 is 1.96 bits per heavy atom. The minimum Gasteiger partial charge on any atom is -0.389 e. The fourth-order valence-electron chi connectivity index (χ4n) is 3.81. The monoisotopic (exact) mass is 324 g/mol. The van der Waals surface area contributed by atoms with Gasteiger partial charge in [-0.25, -0.2) is 0 Å². The lowest BCUT2D eigenvalue weighted by atomic mass is 9.82. The van der Waals surface area contributed by atoms with E-state index >= 15 is 0 Å². The molecule has 1 aliphatic carbocycles. The Morgan fingerprint density at radius 3 is 2.65 bits per heavy atom. The number of aliphatic hydroxyl groups is 1. The zero-order valence-electron chi connectivity index (χ0n) is 14.5. The first-order chi connectivity index (χ1) is 11.0. The third kappa shape index (κ3) is 5.79. The van der Waals surface area contributed by atoms with Gasteiger partial charge in [0.2, 0.25) is 11.8 Å². The Labute approximate surface area is 139 Å². The maximum absolute atomic E-state index is 12.5. The van der Waals surface area contributed by atoms with Crippen molar-refractivity contribution in [3.05, 3.63) is 0 Å². The van der Waals surface area contributed by atoms with Crippen molar-refractivity contribution in [2.24, 2.45) is 5.92 Å². The van der Waals surface area contributed by atoms with Crippen LogP contribution in [0.25, 0.3) is 0 Å². The van der Waals surface area contributed by atoms with E-state index in [9.17, 15) is 14.7 Å². The molecule has 5 nitrogen and oxygen atoms in total. The lowest BCUT2D eigenvalue weighted by molar-refractivity contribution is -0.139. The van der Waals surface area contributed by atoms with Crippen molar-refractivity contribution in [2.45, 2.75) is 76.7 Å². The Balaban J connectivity index is 1.78. The second-order valence-electron chi connectivity index (χ2n) is 7.36. The van der Waals surface area contributed by atoms with Crippen LogP contribution in [0, 0.1) is 5.92 Å². The normalized spacial score (nSPS) is 24.3. The summed E-state index contributed by atoms with van der Waals surface area (Å²) < 4.78 is 0. The molecular weight excluding hydrogens is 292 g/mol. The highest BCUT2D eigenvalue weighted by atomic mass is 16.3. The molecule has 1 heterocycles. The van der Waals surface area contributed by atoms with Crippen LogP contribution in [0.5, 0.6) is 0 Å². The number of amides is 2. The van der Waals surface area contributed by atoms with Crippen molar-refractivity contribution < 1.29 is 14.7 Å². The highest BCUT2D eigenvalue weighted by Gasteiger charge is 2.34. The van der Waals surface area contributed by atoms with E-state index in [-0.39, 0.29) is 18.2 Å². The third-order valence-corrected chi connectivity index (χ3v) is 5.20. The van der Waals surface area contributed by atoms with Gasteiger partial charge < -0.3 is 15.3 Å². The number of carbonyl (C=O) groups is 2.